The van der Waals surface area contributed by atoms with Crippen molar-refractivity contribution < 1.29 is 5.32 Å². The van der Waals surface area contributed by atoms with E-state index in [2.05, 4.69) is 24.8 Å². The Morgan fingerprint density at radius 3 is 1.56 bits per heavy atom. The van der Waals surface area contributed by atoms with Crippen molar-refractivity contribution >= 4 is 29.2 Å². The molecule has 2 N–H and O–H groups in total. The predicted octanol–water partition coefficient (Wildman–Crippen LogP) is -0.811. The molecule has 0 fully saturated rings. The second kappa shape index (κ2) is 8.07. The van der Waals surface area contributed by atoms with Crippen LogP contribution in [0.1, 0.15) is 0 Å². The van der Waals surface area contributed by atoms with Crippen molar-refractivity contribution in [3.05, 3.63) is 0 Å². The van der Waals surface area contributed by atoms with Gasteiger partial charge in [0.1, 0.15) is 0 Å². The molecule has 0 heterocycles. The standard InChI is InChI=1S/C3H7NS2.C2H7N/c1-4(2)3(5)6;1-3-2/h1-2H3,(H,5,6);3H,1-2H3. The molecule has 9 heavy (non-hydrogen) atoms. The van der Waals surface area contributed by atoms with E-state index < -0.39 is 0 Å². The summed E-state index contributed by atoms with van der Waals surface area (Å²) >= 11 is 9.12. The number of hydrogen-bond acceptors (Lipinski definition) is 2. The van der Waals surface area contributed by atoms with Crippen molar-refractivity contribution in [3.8, 4) is 0 Å². The summed E-state index contributed by atoms with van der Waals surface area (Å²) in [5, 5.41) is 2.00. The first-order valence-electron chi connectivity index (χ1n) is 2.68. The van der Waals surface area contributed by atoms with E-state index in [1.54, 1.807) is 4.90 Å². The molecular formula is C5H14N2S2. The second-order valence-electron chi connectivity index (χ2n) is 1.74. The third-order valence-corrected chi connectivity index (χ3v) is 1.10. The Morgan fingerprint density at radius 1 is 1.44 bits per heavy atom. The lowest BCUT2D eigenvalue weighted by atomic mass is 11.0. The maximum absolute atomic E-state index is 4.56. The minimum Gasteiger partial charge on any atom is -0.411 e. The van der Waals surface area contributed by atoms with Crippen LogP contribution in [0.5, 0.6) is 0 Å². The zero-order valence-electron chi connectivity index (χ0n) is 6.34. The normalized spacial score (nSPS) is 7.11. The van der Waals surface area contributed by atoms with Crippen LogP contribution in [-0.4, -0.2) is 37.4 Å². The van der Waals surface area contributed by atoms with Gasteiger partial charge >= 0.3 is 0 Å². The maximum atomic E-state index is 4.56. The van der Waals surface area contributed by atoms with E-state index in [-0.39, 0.29) is 0 Å². The molecule has 0 amide bonds. The molecule has 56 valence electrons. The van der Waals surface area contributed by atoms with Crippen molar-refractivity contribution in [1.29, 1.82) is 0 Å². The molecule has 0 aliphatic rings. The first kappa shape index (κ1) is 11.8. The van der Waals surface area contributed by atoms with Crippen molar-refractivity contribution in [2.75, 3.05) is 28.2 Å². The molecular weight excluding hydrogens is 152 g/mol. The van der Waals surface area contributed by atoms with Gasteiger partial charge in [0.15, 0.2) is 0 Å². The molecule has 0 atom stereocenters. The molecule has 0 rings (SSSR count). The molecule has 0 saturated carbocycles. The molecule has 0 aromatic heterocycles. The molecule has 0 bridgehead atoms. The number of hydrogen-bond donors (Lipinski definition) is 1. The highest BCUT2D eigenvalue weighted by atomic mass is 32.1. The summed E-state index contributed by atoms with van der Waals surface area (Å²) in [4.78, 5) is 1.71. The maximum Gasteiger partial charge on any atom is 0.0647 e. The highest BCUT2D eigenvalue weighted by Gasteiger charge is 1.71. The topological polar surface area (TPSA) is 19.9 Å². The van der Waals surface area contributed by atoms with E-state index in [1.807, 2.05) is 33.5 Å². The van der Waals surface area contributed by atoms with Gasteiger partial charge in [-0.3, -0.25) is 0 Å². The van der Waals surface area contributed by atoms with Crippen LogP contribution in [0.15, 0.2) is 0 Å². The lowest BCUT2D eigenvalue weighted by Gasteiger charge is -2.15. The van der Waals surface area contributed by atoms with Crippen molar-refractivity contribution in [2.45, 2.75) is 0 Å². The van der Waals surface area contributed by atoms with Crippen LogP contribution in [0.4, 0.5) is 0 Å². The van der Waals surface area contributed by atoms with Gasteiger partial charge in [0, 0.05) is 14.1 Å². The van der Waals surface area contributed by atoms with Crippen LogP contribution in [-0.2, 0) is 12.6 Å². The quantitative estimate of drug-likeness (QED) is 0.375. The van der Waals surface area contributed by atoms with Crippen molar-refractivity contribution in [2.24, 2.45) is 0 Å². The van der Waals surface area contributed by atoms with Crippen molar-refractivity contribution in [1.82, 2.24) is 4.90 Å². The number of thiocarbonyl (C=S) groups is 1. The van der Waals surface area contributed by atoms with Gasteiger partial charge in [-0.15, -0.1) is 0 Å². The smallest absolute Gasteiger partial charge is 0.0647 e. The van der Waals surface area contributed by atoms with Crippen LogP contribution in [0.3, 0.4) is 0 Å². The molecule has 0 aromatic rings. The number of nitrogens with zero attached hydrogens (tertiary/aromatic N) is 1. The highest BCUT2D eigenvalue weighted by Crippen LogP contribution is 1.74. The third kappa shape index (κ3) is 17.9. The molecule has 0 aliphatic heterocycles. The fourth-order valence-corrected chi connectivity index (χ4v) is 0. The van der Waals surface area contributed by atoms with E-state index in [9.17, 15) is 0 Å². The first-order valence-corrected chi connectivity index (χ1v) is 3.50. The monoisotopic (exact) mass is 166 g/mol. The molecule has 0 spiro atoms. The van der Waals surface area contributed by atoms with Gasteiger partial charge in [-0.1, -0.05) is 4.32 Å². The molecule has 0 aromatic carbocycles. The fraction of sp³-hybridized carbons (Fsp3) is 0.800. The van der Waals surface area contributed by atoms with Gasteiger partial charge in [0.05, 0.1) is 14.1 Å². The van der Waals surface area contributed by atoms with Crippen LogP contribution < -0.4 is 5.32 Å². The predicted molar refractivity (Wildman–Crippen MR) is 47.4 cm³/mol. The average Bonchev–Trinajstić information content (AvgIpc) is 1.68. The summed E-state index contributed by atoms with van der Waals surface area (Å²) in [6.45, 7) is 0. The van der Waals surface area contributed by atoms with Gasteiger partial charge in [0.2, 0.25) is 0 Å². The van der Waals surface area contributed by atoms with Gasteiger partial charge in [-0.05, 0) is 0 Å². The summed E-state index contributed by atoms with van der Waals surface area (Å²) < 4.78 is 0.509. The lowest BCUT2D eigenvalue weighted by Crippen LogP contribution is -2.74. The Balaban J connectivity index is 0. The van der Waals surface area contributed by atoms with Crippen LogP contribution in [0, 0.1) is 0 Å². The van der Waals surface area contributed by atoms with Gasteiger partial charge in [-0.25, -0.2) is 0 Å². The molecule has 4 heteroatoms. The van der Waals surface area contributed by atoms with Gasteiger partial charge in [-0.2, -0.15) is 0 Å². The van der Waals surface area contributed by atoms with Crippen LogP contribution >= 0.6 is 12.2 Å². The Bertz CT molecular complexity index is 73.4. The van der Waals surface area contributed by atoms with E-state index in [4.69, 9.17) is 0 Å². The van der Waals surface area contributed by atoms with E-state index in [1.165, 1.54) is 0 Å². The Morgan fingerprint density at radius 2 is 1.56 bits per heavy atom. The minimum absolute atomic E-state index is 0.509. The SMILES string of the molecule is CN(C)C(=S)[S-].C[NH2+]C. The van der Waals surface area contributed by atoms with Crippen molar-refractivity contribution in [3.63, 3.8) is 0 Å². The summed E-state index contributed by atoms with van der Waals surface area (Å²) in [5.41, 5.74) is 0. The zero-order valence-corrected chi connectivity index (χ0v) is 7.97. The minimum atomic E-state index is 0.509. The van der Waals surface area contributed by atoms with Crippen LogP contribution in [0.25, 0.3) is 0 Å². The third-order valence-electron chi connectivity index (χ3n) is 0.365. The summed E-state index contributed by atoms with van der Waals surface area (Å²) in [5.74, 6) is 0. The first-order chi connectivity index (χ1) is 4.06. The van der Waals surface area contributed by atoms with Gasteiger partial charge in [0.25, 0.3) is 0 Å². The molecule has 0 unspecified atom stereocenters. The largest absolute Gasteiger partial charge is 0.411 e. The second-order valence-corrected chi connectivity index (χ2v) is 2.77. The lowest BCUT2D eigenvalue weighted by molar-refractivity contribution is -0.597. The fourth-order valence-electron chi connectivity index (χ4n) is 0. The van der Waals surface area contributed by atoms with E-state index >= 15 is 0 Å². The molecule has 2 nitrogen and oxygen atoms in total. The molecule has 0 saturated heterocycles. The Kier molecular flexibility index (Phi) is 10.6. The number of rotatable bonds is 0. The summed E-state index contributed by atoms with van der Waals surface area (Å²) in [7, 11) is 7.66. The Hall–Kier alpha value is 0.0700. The number of nitrogens with two attached hydrogens (primary N) is 1. The average molecular weight is 166 g/mol. The zero-order chi connectivity index (χ0) is 7.86. The highest BCUT2D eigenvalue weighted by molar-refractivity contribution is 8.00. The van der Waals surface area contributed by atoms with E-state index in [0.29, 0.717) is 4.32 Å². The molecule has 0 aliphatic carbocycles. The summed E-state index contributed by atoms with van der Waals surface area (Å²) in [6.07, 6.45) is 0. The molecule has 0 radical (unpaired) electrons. The van der Waals surface area contributed by atoms with Crippen LogP contribution in [0.2, 0.25) is 0 Å². The number of quaternary nitrogens is 1. The van der Waals surface area contributed by atoms with E-state index in [0.717, 1.165) is 0 Å². The summed E-state index contributed by atoms with van der Waals surface area (Å²) in [6, 6.07) is 0. The van der Waals surface area contributed by atoms with Gasteiger partial charge < -0.3 is 35.1 Å². The Labute approximate surface area is 68.0 Å².